The third-order valence-corrected chi connectivity index (χ3v) is 5.20. The zero-order valence-electron chi connectivity index (χ0n) is 14.9. The first-order chi connectivity index (χ1) is 13.7. The van der Waals surface area contributed by atoms with Crippen molar-refractivity contribution in [2.24, 2.45) is 0 Å². The molecule has 4 rings (SSSR count). The molecule has 1 atom stereocenters. The molecule has 0 fully saturated rings. The fourth-order valence-corrected chi connectivity index (χ4v) is 3.78. The molecule has 3 aromatic rings. The van der Waals surface area contributed by atoms with Crippen LogP contribution >= 0.6 is 0 Å². The molecule has 0 amide bonds. The lowest BCUT2D eigenvalue weighted by Crippen LogP contribution is -2.41. The summed E-state index contributed by atoms with van der Waals surface area (Å²) >= 11 is 0. The number of fused-ring (bicyclic) bond motifs is 3. The molecule has 0 radical (unpaired) electrons. The van der Waals surface area contributed by atoms with Gasteiger partial charge in [0.1, 0.15) is 5.82 Å². The zero-order chi connectivity index (χ0) is 21.0. The fraction of sp³-hybridized carbons (Fsp3) is 0.250. The third-order valence-electron chi connectivity index (χ3n) is 5.20. The van der Waals surface area contributed by atoms with Crippen LogP contribution in [0.5, 0.6) is 0 Å². The predicted molar refractivity (Wildman–Crippen MR) is 95.3 cm³/mol. The van der Waals surface area contributed by atoms with Gasteiger partial charge in [0, 0.05) is 22.9 Å². The van der Waals surface area contributed by atoms with Crippen LogP contribution in [0.4, 0.5) is 17.6 Å². The van der Waals surface area contributed by atoms with Crippen LogP contribution in [0.1, 0.15) is 17.2 Å². The van der Waals surface area contributed by atoms with E-state index in [0.717, 1.165) is 6.07 Å². The van der Waals surface area contributed by atoms with Gasteiger partial charge in [-0.15, -0.1) is 0 Å². The minimum absolute atomic E-state index is 0.0610. The topological polar surface area (TPSA) is 78.5 Å². The molecule has 0 unspecified atom stereocenters. The molecule has 0 spiro atoms. The van der Waals surface area contributed by atoms with Gasteiger partial charge in [0.25, 0.3) is 0 Å². The summed E-state index contributed by atoms with van der Waals surface area (Å²) < 4.78 is 57.4. The number of hydrogen-bond acceptors (Lipinski definition) is 4. The predicted octanol–water partition coefficient (Wildman–Crippen LogP) is 2.99. The normalized spacial score (nSPS) is 18.2. The molecule has 1 heterocycles. The maximum absolute atomic E-state index is 14.4. The van der Waals surface area contributed by atoms with E-state index in [9.17, 15) is 32.9 Å². The van der Waals surface area contributed by atoms with Gasteiger partial charge in [-0.25, -0.2) is 4.39 Å². The number of alkyl halides is 3. The molecule has 2 aromatic carbocycles. The van der Waals surface area contributed by atoms with Crippen molar-refractivity contribution in [3.63, 3.8) is 0 Å². The van der Waals surface area contributed by atoms with Gasteiger partial charge in [-0.05, 0) is 28.8 Å². The van der Waals surface area contributed by atoms with Crippen molar-refractivity contribution in [2.75, 3.05) is 13.2 Å². The maximum atomic E-state index is 14.4. The van der Waals surface area contributed by atoms with Crippen molar-refractivity contribution in [3.05, 3.63) is 65.7 Å². The standard InChI is InChI=1S/C20H16F4N2O3/c21-12-5-15(11-7-25-26(8-11)13(9-27)10-28)18-14-3-1-2-4-16(14)19(29,17(18)6-12)20(22,23)24/h1-8,13,27-29H,9-10H2/t19-/m1/s1. The highest BCUT2D eigenvalue weighted by Crippen LogP contribution is 2.57. The summed E-state index contributed by atoms with van der Waals surface area (Å²) in [5, 5.41) is 33.4. The van der Waals surface area contributed by atoms with Crippen molar-refractivity contribution in [1.29, 1.82) is 0 Å². The van der Waals surface area contributed by atoms with Gasteiger partial charge in [-0.3, -0.25) is 4.68 Å². The maximum Gasteiger partial charge on any atom is 0.425 e. The van der Waals surface area contributed by atoms with E-state index in [0.29, 0.717) is 6.07 Å². The van der Waals surface area contributed by atoms with Crippen LogP contribution in [0.15, 0.2) is 48.8 Å². The highest BCUT2D eigenvalue weighted by atomic mass is 19.4. The molecule has 0 saturated carbocycles. The van der Waals surface area contributed by atoms with Crippen LogP contribution in [0.25, 0.3) is 22.3 Å². The Morgan fingerprint density at radius 1 is 1.03 bits per heavy atom. The van der Waals surface area contributed by atoms with Gasteiger partial charge >= 0.3 is 6.18 Å². The number of aliphatic hydroxyl groups excluding tert-OH is 2. The molecule has 0 saturated heterocycles. The summed E-state index contributed by atoms with van der Waals surface area (Å²) in [5.74, 6) is -0.942. The van der Waals surface area contributed by atoms with Crippen LogP contribution in [0, 0.1) is 5.82 Å². The van der Waals surface area contributed by atoms with Crippen molar-refractivity contribution in [3.8, 4) is 22.3 Å². The van der Waals surface area contributed by atoms with E-state index in [1.807, 2.05) is 0 Å². The molecule has 0 aliphatic heterocycles. The molecule has 152 valence electrons. The van der Waals surface area contributed by atoms with Crippen molar-refractivity contribution < 1.29 is 32.9 Å². The molecular formula is C20H16F4N2O3. The minimum Gasteiger partial charge on any atom is -0.394 e. The van der Waals surface area contributed by atoms with Gasteiger partial charge in [-0.1, -0.05) is 24.3 Å². The van der Waals surface area contributed by atoms with E-state index in [1.54, 1.807) is 0 Å². The Labute approximate surface area is 162 Å². The second-order valence-electron chi connectivity index (χ2n) is 6.86. The van der Waals surface area contributed by atoms with Gasteiger partial charge in [0.2, 0.25) is 5.60 Å². The first-order valence-electron chi connectivity index (χ1n) is 8.71. The molecule has 5 nitrogen and oxygen atoms in total. The van der Waals surface area contributed by atoms with Crippen molar-refractivity contribution >= 4 is 0 Å². The van der Waals surface area contributed by atoms with E-state index < -0.39 is 42.4 Å². The molecule has 1 aromatic heterocycles. The first kappa shape index (κ1) is 19.6. The molecular weight excluding hydrogens is 392 g/mol. The molecule has 0 bridgehead atoms. The lowest BCUT2D eigenvalue weighted by atomic mass is 9.89. The minimum atomic E-state index is -5.07. The quantitative estimate of drug-likeness (QED) is 0.580. The average Bonchev–Trinajstić information content (AvgIpc) is 3.25. The smallest absolute Gasteiger partial charge is 0.394 e. The van der Waals surface area contributed by atoms with Crippen LogP contribution in [-0.2, 0) is 5.60 Å². The Morgan fingerprint density at radius 2 is 1.72 bits per heavy atom. The third kappa shape index (κ3) is 2.77. The molecule has 29 heavy (non-hydrogen) atoms. The lowest BCUT2D eigenvalue weighted by molar-refractivity contribution is -0.246. The molecule has 1 aliphatic rings. The highest BCUT2D eigenvalue weighted by molar-refractivity contribution is 5.92. The number of aliphatic hydroxyl groups is 3. The van der Waals surface area contributed by atoms with Crippen molar-refractivity contribution in [1.82, 2.24) is 9.78 Å². The van der Waals surface area contributed by atoms with E-state index in [2.05, 4.69) is 5.10 Å². The van der Waals surface area contributed by atoms with E-state index >= 15 is 0 Å². The SMILES string of the molecule is OCC(CO)n1cc(-c2cc(F)cc3c2-c2ccccc2[C@]3(O)C(F)(F)F)cn1. The number of rotatable bonds is 4. The summed E-state index contributed by atoms with van der Waals surface area (Å²) in [7, 11) is 0. The van der Waals surface area contributed by atoms with Gasteiger partial charge in [0.15, 0.2) is 0 Å². The Kier molecular flexibility index (Phi) is 4.49. The first-order valence-corrected chi connectivity index (χ1v) is 8.71. The van der Waals surface area contributed by atoms with E-state index in [-0.39, 0.29) is 27.8 Å². The van der Waals surface area contributed by atoms with Crippen LogP contribution < -0.4 is 0 Å². The number of halogens is 4. The van der Waals surface area contributed by atoms with Crippen LogP contribution in [0.3, 0.4) is 0 Å². The molecule has 3 N–H and O–H groups in total. The summed E-state index contributed by atoms with van der Waals surface area (Å²) in [4.78, 5) is 0. The van der Waals surface area contributed by atoms with E-state index in [4.69, 9.17) is 0 Å². The summed E-state index contributed by atoms with van der Waals surface area (Å²) in [6.45, 7) is -0.814. The Balaban J connectivity index is 2.00. The lowest BCUT2D eigenvalue weighted by Gasteiger charge is -2.28. The van der Waals surface area contributed by atoms with Crippen LogP contribution in [-0.4, -0.2) is 44.5 Å². The monoisotopic (exact) mass is 408 g/mol. The van der Waals surface area contributed by atoms with Gasteiger partial charge < -0.3 is 15.3 Å². The molecule has 1 aliphatic carbocycles. The zero-order valence-corrected chi connectivity index (χ0v) is 14.9. The average molecular weight is 408 g/mol. The largest absolute Gasteiger partial charge is 0.425 e. The fourth-order valence-electron chi connectivity index (χ4n) is 3.78. The second-order valence-corrected chi connectivity index (χ2v) is 6.86. The highest BCUT2D eigenvalue weighted by Gasteiger charge is 2.61. The number of benzene rings is 2. The number of hydrogen-bond donors (Lipinski definition) is 3. The van der Waals surface area contributed by atoms with Crippen LogP contribution in [0.2, 0.25) is 0 Å². The Bertz CT molecular complexity index is 1080. The Hall–Kier alpha value is -2.75. The van der Waals surface area contributed by atoms with Gasteiger partial charge in [0.05, 0.1) is 25.5 Å². The van der Waals surface area contributed by atoms with Gasteiger partial charge in [-0.2, -0.15) is 18.3 Å². The second kappa shape index (κ2) is 6.65. The summed E-state index contributed by atoms with van der Waals surface area (Å²) in [6.07, 6.45) is -2.36. The Morgan fingerprint density at radius 3 is 2.38 bits per heavy atom. The summed E-state index contributed by atoms with van der Waals surface area (Å²) in [5.41, 5.74) is -3.69. The molecule has 9 heteroatoms. The van der Waals surface area contributed by atoms with Crippen molar-refractivity contribution in [2.45, 2.75) is 17.8 Å². The summed E-state index contributed by atoms with van der Waals surface area (Å²) in [6, 6.07) is 6.55. The van der Waals surface area contributed by atoms with E-state index in [1.165, 1.54) is 41.3 Å². The number of nitrogens with zero attached hydrogens (tertiary/aromatic N) is 2. The number of aromatic nitrogens is 2.